The number of aromatic nitrogens is 2. The van der Waals surface area contributed by atoms with Crippen LogP contribution >= 0.6 is 23.1 Å². The molecule has 0 spiro atoms. The number of thioether (sulfide) groups is 1. The highest BCUT2D eigenvalue weighted by molar-refractivity contribution is 8.01. The predicted molar refractivity (Wildman–Crippen MR) is 145 cm³/mol. The van der Waals surface area contributed by atoms with Gasteiger partial charge in [-0.05, 0) is 37.1 Å². The fraction of sp³-hybridized carbons (Fsp3) is 0.407. The fourth-order valence-corrected chi connectivity index (χ4v) is 6.08. The molecule has 3 aromatic rings. The molecule has 2 N–H and O–H groups in total. The van der Waals surface area contributed by atoms with Crippen LogP contribution in [0.15, 0.2) is 52.9 Å². The van der Waals surface area contributed by atoms with Crippen molar-refractivity contribution in [2.75, 3.05) is 11.1 Å². The number of carbonyl (C=O) groups is 2. The second kappa shape index (κ2) is 12.8. The number of aryl methyl sites for hydroxylation is 1. The third-order valence-electron chi connectivity index (χ3n) is 6.16. The van der Waals surface area contributed by atoms with Crippen molar-refractivity contribution in [3.8, 4) is 0 Å². The number of aliphatic hydroxyl groups excluding tert-OH is 1. The normalized spacial score (nSPS) is 22.0. The van der Waals surface area contributed by atoms with Gasteiger partial charge in [0.15, 0.2) is 16.7 Å². The van der Waals surface area contributed by atoms with Gasteiger partial charge in [-0.2, -0.15) is 0 Å². The monoisotopic (exact) mass is 557 g/mol. The summed E-state index contributed by atoms with van der Waals surface area (Å²) in [5.74, 6) is -0.196. The van der Waals surface area contributed by atoms with E-state index >= 15 is 0 Å². The lowest BCUT2D eigenvalue weighted by Crippen LogP contribution is -2.38. The number of esters is 1. The van der Waals surface area contributed by atoms with Crippen LogP contribution in [0, 0.1) is 12.8 Å². The molecule has 2 heterocycles. The average Bonchev–Trinajstić information content (AvgIpc) is 3.33. The molecule has 1 fully saturated rings. The molecule has 9 nitrogen and oxygen atoms in total. The van der Waals surface area contributed by atoms with Gasteiger partial charge in [0.1, 0.15) is 5.01 Å². The Morgan fingerprint density at radius 2 is 1.79 bits per heavy atom. The van der Waals surface area contributed by atoms with Crippen molar-refractivity contribution in [1.29, 1.82) is 0 Å². The summed E-state index contributed by atoms with van der Waals surface area (Å²) in [5, 5.41) is 21.4. The number of benzene rings is 2. The number of ether oxygens (including phenoxy) is 3. The Kier molecular flexibility index (Phi) is 9.50. The van der Waals surface area contributed by atoms with E-state index in [0.717, 1.165) is 26.0 Å². The summed E-state index contributed by atoms with van der Waals surface area (Å²) in [6.07, 6.45) is -1.88. The Labute approximate surface area is 229 Å². The third-order valence-corrected chi connectivity index (χ3v) is 8.23. The van der Waals surface area contributed by atoms with E-state index in [1.807, 2.05) is 43.3 Å². The summed E-state index contributed by atoms with van der Waals surface area (Å²) >= 11 is 3.17. The minimum absolute atomic E-state index is 0.0177. The standard InChI is InChI=1S/C27H31N3O6S2/c1-15-23(14-37-27-30-29-17(3)38-27)35-26(36-24(15)20-7-5-19(13-31)6-8-20)21-9-11-22(12-10-21)28-25(33)16(2)34-18(4)32/h5-12,15-16,23-24,26,31H,13-14H2,1-4H3,(H,28,33). The first-order chi connectivity index (χ1) is 18.2. The minimum Gasteiger partial charge on any atom is -0.453 e. The Bertz CT molecular complexity index is 1230. The molecular formula is C27H31N3O6S2. The van der Waals surface area contributed by atoms with Crippen molar-refractivity contribution in [1.82, 2.24) is 10.2 Å². The van der Waals surface area contributed by atoms with Crippen LogP contribution in [-0.4, -0.2) is 45.1 Å². The van der Waals surface area contributed by atoms with Crippen LogP contribution in [0.2, 0.25) is 0 Å². The molecular weight excluding hydrogens is 526 g/mol. The molecule has 202 valence electrons. The van der Waals surface area contributed by atoms with Crippen LogP contribution in [0.25, 0.3) is 0 Å². The molecule has 38 heavy (non-hydrogen) atoms. The molecule has 1 saturated heterocycles. The maximum atomic E-state index is 12.3. The summed E-state index contributed by atoms with van der Waals surface area (Å²) in [5.41, 5.74) is 3.22. The van der Waals surface area contributed by atoms with Gasteiger partial charge in [0, 0.05) is 29.8 Å². The zero-order valence-corrected chi connectivity index (χ0v) is 23.3. The van der Waals surface area contributed by atoms with Gasteiger partial charge in [-0.15, -0.1) is 10.2 Å². The van der Waals surface area contributed by atoms with E-state index < -0.39 is 24.3 Å². The van der Waals surface area contributed by atoms with E-state index in [1.165, 1.54) is 13.8 Å². The maximum absolute atomic E-state index is 12.3. The highest BCUT2D eigenvalue weighted by atomic mass is 32.2. The van der Waals surface area contributed by atoms with Gasteiger partial charge in [0.2, 0.25) is 0 Å². The number of rotatable bonds is 9. The molecule has 2 aromatic carbocycles. The molecule has 5 unspecified atom stereocenters. The van der Waals surface area contributed by atoms with Crippen LogP contribution in [0.1, 0.15) is 54.9 Å². The van der Waals surface area contributed by atoms with E-state index in [4.69, 9.17) is 14.2 Å². The van der Waals surface area contributed by atoms with Gasteiger partial charge in [-0.25, -0.2) is 0 Å². The summed E-state index contributed by atoms with van der Waals surface area (Å²) in [4.78, 5) is 23.4. The lowest BCUT2D eigenvalue weighted by Gasteiger charge is -2.41. The van der Waals surface area contributed by atoms with Gasteiger partial charge < -0.3 is 24.6 Å². The van der Waals surface area contributed by atoms with E-state index in [9.17, 15) is 14.7 Å². The molecule has 1 aliphatic heterocycles. The third kappa shape index (κ3) is 7.17. The fourth-order valence-electron chi connectivity index (χ4n) is 4.07. The first kappa shape index (κ1) is 28.2. The van der Waals surface area contributed by atoms with Gasteiger partial charge in [-0.1, -0.05) is 66.4 Å². The minimum atomic E-state index is -0.897. The smallest absolute Gasteiger partial charge is 0.303 e. The van der Waals surface area contributed by atoms with Gasteiger partial charge in [0.25, 0.3) is 5.91 Å². The van der Waals surface area contributed by atoms with E-state index in [0.29, 0.717) is 11.4 Å². The van der Waals surface area contributed by atoms with Gasteiger partial charge in [0.05, 0.1) is 18.8 Å². The summed E-state index contributed by atoms with van der Waals surface area (Å²) < 4.78 is 18.7. The van der Waals surface area contributed by atoms with Crippen molar-refractivity contribution >= 4 is 40.7 Å². The number of hydrogen-bond acceptors (Lipinski definition) is 10. The van der Waals surface area contributed by atoms with Crippen LogP contribution in [0.4, 0.5) is 5.69 Å². The second-order valence-electron chi connectivity index (χ2n) is 9.08. The van der Waals surface area contributed by atoms with E-state index in [2.05, 4.69) is 22.4 Å². The van der Waals surface area contributed by atoms with Crippen molar-refractivity contribution in [2.24, 2.45) is 5.92 Å². The molecule has 0 aliphatic carbocycles. The zero-order valence-electron chi connectivity index (χ0n) is 21.6. The number of aliphatic hydroxyl groups is 1. The zero-order chi connectivity index (χ0) is 27.2. The quantitative estimate of drug-likeness (QED) is 0.282. The molecule has 0 saturated carbocycles. The Hall–Kier alpha value is -2.83. The maximum Gasteiger partial charge on any atom is 0.303 e. The number of nitrogens with zero attached hydrogens (tertiary/aromatic N) is 2. The SMILES string of the molecule is CC(=O)OC(C)C(=O)Nc1ccc(C2OC(CSc3nnc(C)s3)C(C)C(c3ccc(CO)cc3)O2)cc1. The molecule has 0 radical (unpaired) electrons. The predicted octanol–water partition coefficient (Wildman–Crippen LogP) is 4.81. The molecule has 1 aromatic heterocycles. The number of carbonyl (C=O) groups excluding carboxylic acids is 2. The molecule has 4 rings (SSSR count). The summed E-state index contributed by atoms with van der Waals surface area (Å²) in [6.45, 7) is 6.81. The lowest BCUT2D eigenvalue weighted by atomic mass is 9.91. The van der Waals surface area contributed by atoms with Gasteiger partial charge >= 0.3 is 5.97 Å². The van der Waals surface area contributed by atoms with Crippen molar-refractivity contribution < 1.29 is 28.9 Å². The van der Waals surface area contributed by atoms with Crippen molar-refractivity contribution in [2.45, 2.75) is 63.2 Å². The van der Waals surface area contributed by atoms with Crippen LogP contribution in [0.3, 0.4) is 0 Å². The highest BCUT2D eigenvalue weighted by Gasteiger charge is 2.38. The first-order valence-electron chi connectivity index (χ1n) is 12.2. The summed E-state index contributed by atoms with van der Waals surface area (Å²) in [7, 11) is 0. The molecule has 1 aliphatic rings. The van der Waals surface area contributed by atoms with Crippen LogP contribution < -0.4 is 5.32 Å². The lowest BCUT2D eigenvalue weighted by molar-refractivity contribution is -0.268. The molecule has 1 amide bonds. The van der Waals surface area contributed by atoms with Crippen molar-refractivity contribution in [3.05, 3.63) is 70.2 Å². The largest absolute Gasteiger partial charge is 0.453 e. The number of amides is 1. The molecule has 11 heteroatoms. The summed E-state index contributed by atoms with van der Waals surface area (Å²) in [6, 6.07) is 15.0. The average molecular weight is 558 g/mol. The molecule has 0 bridgehead atoms. The van der Waals surface area contributed by atoms with Crippen LogP contribution in [-0.2, 0) is 30.4 Å². The number of nitrogens with one attached hydrogen (secondary N) is 1. The Morgan fingerprint density at radius 1 is 1.11 bits per heavy atom. The number of hydrogen-bond donors (Lipinski definition) is 2. The second-order valence-corrected chi connectivity index (χ2v) is 11.5. The van der Waals surface area contributed by atoms with Crippen molar-refractivity contribution in [3.63, 3.8) is 0 Å². The topological polar surface area (TPSA) is 120 Å². The van der Waals surface area contributed by atoms with Gasteiger partial charge in [-0.3, -0.25) is 9.59 Å². The van der Waals surface area contributed by atoms with E-state index in [1.54, 1.807) is 35.2 Å². The van der Waals surface area contributed by atoms with Crippen LogP contribution in [0.5, 0.6) is 0 Å². The molecule has 5 atom stereocenters. The Balaban J connectivity index is 1.51. The Morgan fingerprint density at radius 3 is 2.39 bits per heavy atom. The first-order valence-corrected chi connectivity index (χ1v) is 14.0. The highest BCUT2D eigenvalue weighted by Crippen LogP contribution is 2.43. The number of anilines is 1. The van der Waals surface area contributed by atoms with E-state index in [-0.39, 0.29) is 24.7 Å².